The van der Waals surface area contributed by atoms with Crippen LogP contribution in [0.5, 0.6) is 0 Å². The molecule has 7 nitrogen and oxygen atoms in total. The lowest BCUT2D eigenvalue weighted by atomic mass is 10.2. The van der Waals surface area contributed by atoms with Crippen LogP contribution in [0.15, 0.2) is 5.38 Å². The Morgan fingerprint density at radius 1 is 1.57 bits per heavy atom. The third-order valence-electron chi connectivity index (χ3n) is 3.23. The molecule has 0 bridgehead atoms. The maximum absolute atomic E-state index is 11.8. The van der Waals surface area contributed by atoms with Crippen LogP contribution < -0.4 is 10.6 Å². The van der Waals surface area contributed by atoms with Gasteiger partial charge in [0, 0.05) is 17.6 Å². The highest BCUT2D eigenvalue weighted by atomic mass is 32.1. The Morgan fingerprint density at radius 3 is 2.90 bits per heavy atom. The third-order valence-corrected chi connectivity index (χ3v) is 4.37. The zero-order valence-corrected chi connectivity index (χ0v) is 12.8. The Balaban J connectivity index is 1.72. The Bertz CT molecular complexity index is 519. The van der Waals surface area contributed by atoms with Gasteiger partial charge in [-0.15, -0.1) is 11.3 Å². The minimum absolute atomic E-state index is 0.167. The number of nitrogens with one attached hydrogen (secondary N) is 2. The van der Waals surface area contributed by atoms with Gasteiger partial charge in [0.15, 0.2) is 6.10 Å². The van der Waals surface area contributed by atoms with E-state index in [1.54, 1.807) is 0 Å². The first-order chi connectivity index (χ1) is 9.95. The fourth-order valence-corrected chi connectivity index (χ4v) is 2.93. The highest BCUT2D eigenvalue weighted by Crippen LogP contribution is 2.19. The van der Waals surface area contributed by atoms with Crippen molar-refractivity contribution in [2.45, 2.75) is 44.9 Å². The summed E-state index contributed by atoms with van der Waals surface area (Å²) in [6.07, 6.45) is 0.127. The van der Waals surface area contributed by atoms with Crippen LogP contribution in [0.25, 0.3) is 0 Å². The van der Waals surface area contributed by atoms with Gasteiger partial charge in [0.05, 0.1) is 12.1 Å². The number of hydrogen-bond donors (Lipinski definition) is 3. The van der Waals surface area contributed by atoms with Gasteiger partial charge in [-0.3, -0.25) is 0 Å². The van der Waals surface area contributed by atoms with Crippen LogP contribution in [0.3, 0.4) is 0 Å². The van der Waals surface area contributed by atoms with Crippen molar-refractivity contribution >= 4 is 23.3 Å². The molecule has 1 aromatic heterocycles. The summed E-state index contributed by atoms with van der Waals surface area (Å²) < 4.78 is 5.31. The Kier molecular flexibility index (Phi) is 5.13. The molecule has 3 N–H and O–H groups in total. The number of hydrogen-bond acceptors (Lipinski definition) is 5. The van der Waals surface area contributed by atoms with Crippen molar-refractivity contribution in [3.05, 3.63) is 16.1 Å². The van der Waals surface area contributed by atoms with E-state index in [2.05, 4.69) is 15.6 Å². The van der Waals surface area contributed by atoms with Gasteiger partial charge in [0.25, 0.3) is 0 Å². The Labute approximate surface area is 126 Å². The number of aliphatic carboxylic acids is 1. The molecule has 3 atom stereocenters. The van der Waals surface area contributed by atoms with E-state index < -0.39 is 12.1 Å². The van der Waals surface area contributed by atoms with Gasteiger partial charge in [0.2, 0.25) is 0 Å². The first-order valence-corrected chi connectivity index (χ1v) is 7.68. The highest BCUT2D eigenvalue weighted by Gasteiger charge is 2.30. The van der Waals surface area contributed by atoms with Crippen molar-refractivity contribution in [2.75, 3.05) is 6.54 Å². The van der Waals surface area contributed by atoms with E-state index in [-0.39, 0.29) is 18.2 Å². The normalized spacial score (nSPS) is 22.8. The van der Waals surface area contributed by atoms with Crippen molar-refractivity contribution in [3.8, 4) is 0 Å². The molecular weight excluding hydrogens is 294 g/mol. The number of thiazole rings is 1. The van der Waals surface area contributed by atoms with Crippen molar-refractivity contribution in [2.24, 2.45) is 0 Å². The Hall–Kier alpha value is -1.67. The van der Waals surface area contributed by atoms with Crippen molar-refractivity contribution in [1.82, 2.24) is 15.6 Å². The van der Waals surface area contributed by atoms with Crippen LogP contribution in [-0.2, 0) is 9.53 Å². The van der Waals surface area contributed by atoms with E-state index in [0.717, 1.165) is 10.7 Å². The van der Waals surface area contributed by atoms with Crippen LogP contribution in [0.2, 0.25) is 0 Å². The van der Waals surface area contributed by atoms with E-state index >= 15 is 0 Å². The number of nitrogens with zero attached hydrogens (tertiary/aromatic N) is 1. The molecule has 0 saturated carbocycles. The van der Waals surface area contributed by atoms with E-state index in [4.69, 9.17) is 9.84 Å². The summed E-state index contributed by atoms with van der Waals surface area (Å²) in [6, 6.07) is -0.474. The number of carboxylic acids is 1. The number of carboxylic acid groups (broad SMARTS) is 1. The van der Waals surface area contributed by atoms with Gasteiger partial charge < -0.3 is 20.5 Å². The van der Waals surface area contributed by atoms with Crippen LogP contribution in [0.1, 0.15) is 36.5 Å². The van der Waals surface area contributed by atoms with Gasteiger partial charge >= 0.3 is 12.0 Å². The molecule has 1 aliphatic rings. The zero-order valence-electron chi connectivity index (χ0n) is 12.0. The molecule has 21 heavy (non-hydrogen) atoms. The van der Waals surface area contributed by atoms with Crippen molar-refractivity contribution in [3.63, 3.8) is 0 Å². The lowest BCUT2D eigenvalue weighted by molar-refractivity contribution is -0.149. The lowest BCUT2D eigenvalue weighted by Gasteiger charge is -2.15. The summed E-state index contributed by atoms with van der Waals surface area (Å²) in [5.74, 6) is -0.949. The molecular formula is C13H19N3O4S. The van der Waals surface area contributed by atoms with E-state index in [1.807, 2.05) is 19.2 Å². The maximum Gasteiger partial charge on any atom is 0.332 e. The van der Waals surface area contributed by atoms with E-state index in [9.17, 15) is 9.59 Å². The fraction of sp³-hybridized carbons (Fsp3) is 0.615. The Morgan fingerprint density at radius 2 is 2.33 bits per heavy atom. The minimum atomic E-state index is -0.949. The van der Waals surface area contributed by atoms with Crippen molar-refractivity contribution in [1.29, 1.82) is 0 Å². The number of rotatable bonds is 5. The number of aromatic nitrogens is 1. The average molecular weight is 313 g/mol. The van der Waals surface area contributed by atoms with Crippen LogP contribution in [0, 0.1) is 6.92 Å². The number of ether oxygens (including phenoxy) is 1. The maximum atomic E-state index is 11.8. The molecule has 116 valence electrons. The molecule has 0 spiro atoms. The smallest absolute Gasteiger partial charge is 0.332 e. The zero-order chi connectivity index (χ0) is 15.4. The lowest BCUT2D eigenvalue weighted by Crippen LogP contribution is -2.41. The number of urea groups is 1. The predicted molar refractivity (Wildman–Crippen MR) is 77.3 cm³/mol. The SMILES string of the molecule is Cc1csc(C(C)NC(=O)NCC2CCC(C(=O)O)O2)n1. The second-order valence-electron chi connectivity index (χ2n) is 5.07. The minimum Gasteiger partial charge on any atom is -0.479 e. The first kappa shape index (κ1) is 15.7. The molecule has 1 saturated heterocycles. The standard InChI is InChI=1S/C13H19N3O4S/c1-7-6-21-11(15-7)8(2)16-13(19)14-5-9-3-4-10(20-9)12(17)18/h6,8-10H,3-5H2,1-2H3,(H,17,18)(H2,14,16,19). The van der Waals surface area contributed by atoms with E-state index in [0.29, 0.717) is 19.4 Å². The summed E-state index contributed by atoms with van der Waals surface area (Å²) in [7, 11) is 0. The molecule has 8 heteroatoms. The number of aryl methyl sites for hydroxylation is 1. The largest absolute Gasteiger partial charge is 0.479 e. The number of carbonyl (C=O) groups is 2. The second-order valence-corrected chi connectivity index (χ2v) is 5.96. The molecule has 1 aromatic rings. The van der Waals surface area contributed by atoms with Gasteiger partial charge in [-0.25, -0.2) is 14.6 Å². The molecule has 2 heterocycles. The monoisotopic (exact) mass is 313 g/mol. The van der Waals surface area contributed by atoms with E-state index in [1.165, 1.54) is 11.3 Å². The number of amides is 2. The van der Waals surface area contributed by atoms with Gasteiger partial charge in [0.1, 0.15) is 5.01 Å². The van der Waals surface area contributed by atoms with Gasteiger partial charge in [-0.2, -0.15) is 0 Å². The topological polar surface area (TPSA) is 101 Å². The second kappa shape index (κ2) is 6.86. The fourth-order valence-electron chi connectivity index (χ4n) is 2.12. The highest BCUT2D eigenvalue weighted by molar-refractivity contribution is 7.09. The molecule has 0 aromatic carbocycles. The molecule has 0 aliphatic carbocycles. The summed E-state index contributed by atoms with van der Waals surface area (Å²) in [5.41, 5.74) is 0.933. The molecule has 2 amide bonds. The van der Waals surface area contributed by atoms with Crippen molar-refractivity contribution < 1.29 is 19.4 Å². The molecule has 1 fully saturated rings. The molecule has 0 radical (unpaired) electrons. The van der Waals surface area contributed by atoms with Gasteiger partial charge in [-0.1, -0.05) is 0 Å². The summed E-state index contributed by atoms with van der Waals surface area (Å²) in [4.78, 5) is 26.9. The third kappa shape index (κ3) is 4.40. The number of carbonyl (C=O) groups excluding carboxylic acids is 1. The van der Waals surface area contributed by atoms with Crippen LogP contribution >= 0.6 is 11.3 Å². The van der Waals surface area contributed by atoms with Crippen LogP contribution in [0.4, 0.5) is 4.79 Å². The predicted octanol–water partition coefficient (Wildman–Crippen LogP) is 1.44. The molecule has 1 aliphatic heterocycles. The summed E-state index contributed by atoms with van der Waals surface area (Å²) in [6.45, 7) is 4.08. The first-order valence-electron chi connectivity index (χ1n) is 6.80. The van der Waals surface area contributed by atoms with Crippen LogP contribution in [-0.4, -0.2) is 40.8 Å². The average Bonchev–Trinajstić information content (AvgIpc) is 3.05. The molecule has 2 rings (SSSR count). The van der Waals surface area contributed by atoms with Gasteiger partial charge in [-0.05, 0) is 26.7 Å². The quantitative estimate of drug-likeness (QED) is 0.764. The molecule has 3 unspecified atom stereocenters. The summed E-state index contributed by atoms with van der Waals surface area (Å²) in [5, 5.41) is 17.1. The summed E-state index contributed by atoms with van der Waals surface area (Å²) >= 11 is 1.50.